The fourth-order valence-corrected chi connectivity index (χ4v) is 1.68. The lowest BCUT2D eigenvalue weighted by molar-refractivity contribution is -0.134. The van der Waals surface area contributed by atoms with E-state index in [-0.39, 0.29) is 12.3 Å². The molecule has 1 aromatic carbocycles. The lowest BCUT2D eigenvalue weighted by Gasteiger charge is -2.02. The minimum Gasteiger partial charge on any atom is -0.457 e. The van der Waals surface area contributed by atoms with Gasteiger partial charge in [-0.2, -0.15) is 0 Å². The van der Waals surface area contributed by atoms with E-state index >= 15 is 0 Å². The normalized spacial score (nSPS) is 11.4. The topological polar surface area (TPSA) is 74.7 Å². The molecule has 2 rings (SSSR count). The third-order valence-electron chi connectivity index (χ3n) is 2.47. The molecule has 18 heavy (non-hydrogen) atoms. The third kappa shape index (κ3) is 2.10. The van der Waals surface area contributed by atoms with Crippen molar-refractivity contribution in [3.8, 4) is 0 Å². The first-order valence-corrected chi connectivity index (χ1v) is 5.34. The van der Waals surface area contributed by atoms with Gasteiger partial charge in [-0.1, -0.05) is 36.0 Å². The summed E-state index contributed by atoms with van der Waals surface area (Å²) in [4.78, 5) is 14.7. The van der Waals surface area contributed by atoms with E-state index in [1.807, 2.05) is 24.3 Å². The Kier molecular flexibility index (Phi) is 3.43. The predicted molar refractivity (Wildman–Crippen MR) is 67.8 cm³/mol. The number of esters is 1. The zero-order valence-corrected chi connectivity index (χ0v) is 9.59. The first kappa shape index (κ1) is 11.9. The van der Waals surface area contributed by atoms with E-state index in [2.05, 4.69) is 16.7 Å². The molecule has 92 valence electrons. The molecule has 0 aliphatic rings. The molecule has 1 aromatic heterocycles. The number of carbonyl (C=O) groups excluding carboxylic acids is 1. The molecule has 2 N–H and O–H groups in total. The van der Waals surface area contributed by atoms with E-state index in [0.717, 1.165) is 10.9 Å². The molecule has 0 aliphatic heterocycles. The van der Waals surface area contributed by atoms with Crippen LogP contribution in [0.3, 0.4) is 0 Å². The molecule has 0 amide bonds. The number of hydrogen-bond donors (Lipinski definition) is 2. The van der Waals surface area contributed by atoms with Gasteiger partial charge in [0.25, 0.3) is 0 Å². The summed E-state index contributed by atoms with van der Waals surface area (Å²) in [5.41, 5.74) is 1.22. The number of oxime groups is 1. The summed E-state index contributed by atoms with van der Waals surface area (Å²) in [6, 6.07) is 7.40. The summed E-state index contributed by atoms with van der Waals surface area (Å²) in [5, 5.41) is 12.8. The monoisotopic (exact) mass is 244 g/mol. The van der Waals surface area contributed by atoms with E-state index in [0.29, 0.717) is 5.56 Å². The van der Waals surface area contributed by atoms with Crippen molar-refractivity contribution in [2.45, 2.75) is 0 Å². The molecule has 0 bridgehead atoms. The molecule has 0 aliphatic carbocycles. The first-order chi connectivity index (χ1) is 8.77. The van der Waals surface area contributed by atoms with Gasteiger partial charge in [0.2, 0.25) is 0 Å². The molecule has 2 aromatic rings. The van der Waals surface area contributed by atoms with Crippen molar-refractivity contribution in [3.63, 3.8) is 0 Å². The second-order valence-electron chi connectivity index (χ2n) is 3.58. The molecule has 1 heterocycles. The van der Waals surface area contributed by atoms with Crippen LogP contribution in [-0.4, -0.2) is 28.5 Å². The van der Waals surface area contributed by atoms with Crippen molar-refractivity contribution >= 4 is 22.6 Å². The van der Waals surface area contributed by atoms with Crippen molar-refractivity contribution in [2.75, 3.05) is 6.61 Å². The minimum absolute atomic E-state index is 0.0697. The summed E-state index contributed by atoms with van der Waals surface area (Å²) in [5.74, 6) is -0.692. The van der Waals surface area contributed by atoms with Gasteiger partial charge >= 0.3 is 5.97 Å². The van der Waals surface area contributed by atoms with E-state index in [1.54, 1.807) is 6.20 Å². The zero-order valence-electron chi connectivity index (χ0n) is 9.59. The van der Waals surface area contributed by atoms with E-state index in [9.17, 15) is 4.79 Å². The van der Waals surface area contributed by atoms with Gasteiger partial charge in [0.05, 0.1) is 0 Å². The van der Waals surface area contributed by atoms with Crippen LogP contribution in [0.15, 0.2) is 48.3 Å². The third-order valence-corrected chi connectivity index (χ3v) is 2.47. The molecule has 0 fully saturated rings. The fraction of sp³-hybridized carbons (Fsp3) is 0.0769. The van der Waals surface area contributed by atoms with Crippen LogP contribution >= 0.6 is 0 Å². The second-order valence-corrected chi connectivity index (χ2v) is 3.58. The Morgan fingerprint density at radius 2 is 2.28 bits per heavy atom. The van der Waals surface area contributed by atoms with Gasteiger partial charge < -0.3 is 14.9 Å². The highest BCUT2D eigenvalue weighted by Gasteiger charge is 2.19. The van der Waals surface area contributed by atoms with Gasteiger partial charge in [-0.25, -0.2) is 4.79 Å². The van der Waals surface area contributed by atoms with Crippen molar-refractivity contribution in [1.82, 2.24) is 4.98 Å². The van der Waals surface area contributed by atoms with Crippen molar-refractivity contribution in [3.05, 3.63) is 48.7 Å². The summed E-state index contributed by atoms with van der Waals surface area (Å²) in [7, 11) is 0. The molecule has 0 unspecified atom stereocenters. The Balaban J connectivity index is 2.39. The number of nitrogens with one attached hydrogen (secondary N) is 1. The van der Waals surface area contributed by atoms with Gasteiger partial charge in [-0.15, -0.1) is 0 Å². The highest BCUT2D eigenvalue weighted by molar-refractivity contribution is 6.45. The highest BCUT2D eigenvalue weighted by atomic mass is 16.5. The van der Waals surface area contributed by atoms with Crippen LogP contribution in [0.25, 0.3) is 10.9 Å². The van der Waals surface area contributed by atoms with Gasteiger partial charge in [0.1, 0.15) is 6.61 Å². The van der Waals surface area contributed by atoms with Crippen LogP contribution in [0.5, 0.6) is 0 Å². The van der Waals surface area contributed by atoms with Crippen LogP contribution in [0, 0.1) is 0 Å². The van der Waals surface area contributed by atoms with Crippen LogP contribution in [0.1, 0.15) is 5.56 Å². The summed E-state index contributed by atoms with van der Waals surface area (Å²) in [6.45, 7) is 3.51. The maximum absolute atomic E-state index is 11.7. The van der Waals surface area contributed by atoms with Crippen molar-refractivity contribution in [1.29, 1.82) is 0 Å². The average molecular weight is 244 g/mol. The SMILES string of the molecule is C=CCOC(=O)/C(=N\O)c1c[nH]c2ccccc12. The molecule has 0 saturated heterocycles. The van der Waals surface area contributed by atoms with E-state index in [4.69, 9.17) is 9.94 Å². The van der Waals surface area contributed by atoms with Gasteiger partial charge in [-0.3, -0.25) is 0 Å². The van der Waals surface area contributed by atoms with E-state index < -0.39 is 5.97 Å². The molecular formula is C13H12N2O3. The smallest absolute Gasteiger partial charge is 0.361 e. The maximum atomic E-state index is 11.7. The molecular weight excluding hydrogens is 232 g/mol. The Labute approximate surface area is 103 Å². The van der Waals surface area contributed by atoms with Gasteiger partial charge in [0, 0.05) is 22.7 Å². The standard InChI is InChI=1S/C13H12N2O3/c1-2-7-18-13(16)12(15-17)10-8-14-11-6-4-3-5-9(10)11/h2-6,8,14,17H,1,7H2/b15-12-. The minimum atomic E-state index is -0.692. The average Bonchev–Trinajstić information content (AvgIpc) is 2.81. The zero-order chi connectivity index (χ0) is 13.0. The molecule has 5 nitrogen and oxygen atoms in total. The van der Waals surface area contributed by atoms with Gasteiger partial charge in [0.15, 0.2) is 5.71 Å². The summed E-state index contributed by atoms with van der Waals surface area (Å²) in [6.07, 6.45) is 3.05. The highest BCUT2D eigenvalue weighted by Crippen LogP contribution is 2.18. The van der Waals surface area contributed by atoms with Crippen LogP contribution in [0.2, 0.25) is 0 Å². The molecule has 0 radical (unpaired) electrons. The van der Waals surface area contributed by atoms with E-state index in [1.165, 1.54) is 6.08 Å². The first-order valence-electron chi connectivity index (χ1n) is 5.34. The number of carbonyl (C=O) groups is 1. The summed E-state index contributed by atoms with van der Waals surface area (Å²) >= 11 is 0. The quantitative estimate of drug-likeness (QED) is 0.284. The number of aromatic amines is 1. The van der Waals surface area contributed by atoms with Crippen molar-refractivity contribution < 1.29 is 14.7 Å². The van der Waals surface area contributed by atoms with Crippen LogP contribution in [0.4, 0.5) is 0 Å². The number of ether oxygens (including phenoxy) is 1. The number of rotatable bonds is 4. The second kappa shape index (κ2) is 5.18. The molecule has 5 heteroatoms. The van der Waals surface area contributed by atoms with Crippen LogP contribution in [-0.2, 0) is 9.53 Å². The number of nitrogens with zero attached hydrogens (tertiary/aromatic N) is 1. The number of para-hydroxylation sites is 1. The number of H-pyrrole nitrogens is 1. The number of hydrogen-bond acceptors (Lipinski definition) is 4. The number of fused-ring (bicyclic) bond motifs is 1. The lowest BCUT2D eigenvalue weighted by atomic mass is 10.1. The Hall–Kier alpha value is -2.56. The Morgan fingerprint density at radius 3 is 3.00 bits per heavy atom. The Morgan fingerprint density at radius 1 is 1.50 bits per heavy atom. The number of benzene rings is 1. The maximum Gasteiger partial charge on any atom is 0.361 e. The van der Waals surface area contributed by atoms with Crippen LogP contribution < -0.4 is 0 Å². The predicted octanol–water partition coefficient (Wildman–Crippen LogP) is 2.08. The largest absolute Gasteiger partial charge is 0.457 e. The molecule has 0 atom stereocenters. The van der Waals surface area contributed by atoms with Crippen molar-refractivity contribution in [2.24, 2.45) is 5.16 Å². The Bertz CT molecular complexity index is 613. The fourth-order valence-electron chi connectivity index (χ4n) is 1.68. The summed E-state index contributed by atoms with van der Waals surface area (Å²) < 4.78 is 4.86. The number of aromatic nitrogens is 1. The molecule has 0 spiro atoms. The van der Waals surface area contributed by atoms with Gasteiger partial charge in [-0.05, 0) is 6.07 Å². The lowest BCUT2D eigenvalue weighted by Crippen LogP contribution is -2.18. The molecule has 0 saturated carbocycles.